The van der Waals surface area contributed by atoms with Crippen LogP contribution in [0.2, 0.25) is 0 Å². The van der Waals surface area contributed by atoms with Crippen LogP contribution >= 0.6 is 0 Å². The average Bonchev–Trinajstić information content (AvgIpc) is 3.83. The van der Waals surface area contributed by atoms with E-state index in [1.165, 1.54) is 93.7 Å². The fraction of sp³-hybridized carbons (Fsp3) is 0.0909. The molecule has 0 N–H and O–H groups in total. The largest absolute Gasteiger partial charge is 0.310 e. The van der Waals surface area contributed by atoms with Crippen molar-refractivity contribution in [2.45, 2.75) is 32.1 Å². The summed E-state index contributed by atoms with van der Waals surface area (Å²) in [5.74, 6) is 0. The van der Waals surface area contributed by atoms with Crippen molar-refractivity contribution in [3.63, 3.8) is 0 Å². The van der Waals surface area contributed by atoms with Gasteiger partial charge in [0.2, 0.25) is 0 Å². The molecular formula is C55H41N3. The lowest BCUT2D eigenvalue weighted by Gasteiger charge is -2.15. The highest BCUT2D eigenvalue weighted by Gasteiger charge is 2.24. The highest BCUT2D eigenvalue weighted by Crippen LogP contribution is 2.39. The van der Waals surface area contributed by atoms with Crippen LogP contribution < -0.4 is 10.6 Å². The van der Waals surface area contributed by atoms with E-state index in [1.54, 1.807) is 0 Å². The molecule has 0 aliphatic heterocycles. The van der Waals surface area contributed by atoms with Gasteiger partial charge in [-0.1, -0.05) is 115 Å². The molecule has 3 heteroatoms. The number of hydrogen-bond donors (Lipinski definition) is 0. The van der Waals surface area contributed by atoms with Crippen LogP contribution in [0.15, 0.2) is 164 Å². The summed E-state index contributed by atoms with van der Waals surface area (Å²) in [7, 11) is 0. The van der Waals surface area contributed by atoms with Gasteiger partial charge < -0.3 is 13.7 Å². The van der Waals surface area contributed by atoms with Gasteiger partial charge in [-0.25, -0.2) is 0 Å². The van der Waals surface area contributed by atoms with Gasteiger partial charge in [-0.05, 0) is 138 Å². The molecule has 0 fully saturated rings. The number of rotatable bonds is 5. The van der Waals surface area contributed by atoms with E-state index in [-0.39, 0.29) is 0 Å². The van der Waals surface area contributed by atoms with E-state index in [0.29, 0.717) is 0 Å². The van der Waals surface area contributed by atoms with Crippen LogP contribution in [0.25, 0.3) is 96.3 Å². The first-order valence-electron chi connectivity index (χ1n) is 20.7. The molecule has 276 valence electrons. The normalized spacial score (nSPS) is 14.3. The van der Waals surface area contributed by atoms with Gasteiger partial charge in [0.15, 0.2) is 0 Å². The predicted octanol–water partition coefficient (Wildman–Crippen LogP) is 12.3. The fourth-order valence-corrected chi connectivity index (χ4v) is 9.99. The molecule has 0 saturated heterocycles. The Morgan fingerprint density at radius 2 is 1.00 bits per heavy atom. The number of hydrogen-bond acceptors (Lipinski definition) is 0. The molecule has 9 aromatic rings. The van der Waals surface area contributed by atoms with Gasteiger partial charge in [0, 0.05) is 49.8 Å². The molecule has 3 aliphatic rings. The molecule has 58 heavy (non-hydrogen) atoms. The molecule has 0 unspecified atom stereocenters. The second-order valence-corrected chi connectivity index (χ2v) is 15.9. The van der Waals surface area contributed by atoms with Gasteiger partial charge in [-0.2, -0.15) is 0 Å². The van der Waals surface area contributed by atoms with Crippen LogP contribution in [-0.2, 0) is 12.8 Å². The minimum absolute atomic E-state index is 0.880. The van der Waals surface area contributed by atoms with Crippen molar-refractivity contribution in [3.05, 3.63) is 197 Å². The van der Waals surface area contributed by atoms with E-state index in [0.717, 1.165) is 43.5 Å². The first-order valence-corrected chi connectivity index (χ1v) is 20.7. The van der Waals surface area contributed by atoms with E-state index >= 15 is 0 Å². The van der Waals surface area contributed by atoms with Crippen LogP contribution in [0.1, 0.15) is 41.8 Å². The lowest BCUT2D eigenvalue weighted by molar-refractivity contribution is 0.922. The number of benzene rings is 6. The van der Waals surface area contributed by atoms with Crippen molar-refractivity contribution in [3.8, 4) is 39.3 Å². The molecule has 0 bridgehead atoms. The number of fused-ring (bicyclic) bond motifs is 9. The van der Waals surface area contributed by atoms with E-state index < -0.39 is 0 Å². The first kappa shape index (κ1) is 33.1. The van der Waals surface area contributed by atoms with Crippen molar-refractivity contribution in [1.29, 1.82) is 0 Å². The molecule has 3 aliphatic carbocycles. The van der Waals surface area contributed by atoms with E-state index in [1.807, 2.05) is 0 Å². The van der Waals surface area contributed by atoms with Crippen LogP contribution in [0.4, 0.5) is 0 Å². The zero-order valence-electron chi connectivity index (χ0n) is 32.3. The summed E-state index contributed by atoms with van der Waals surface area (Å²) in [5, 5.41) is 6.27. The molecule has 0 amide bonds. The number of para-hydroxylation sites is 1. The van der Waals surface area contributed by atoms with Crippen molar-refractivity contribution in [2.24, 2.45) is 0 Å². The summed E-state index contributed by atoms with van der Waals surface area (Å²) in [6.45, 7) is 0. The monoisotopic (exact) mass is 743 g/mol. The summed E-state index contributed by atoms with van der Waals surface area (Å²) in [6.07, 6.45) is 23.9. The summed E-state index contributed by atoms with van der Waals surface area (Å²) < 4.78 is 7.47. The van der Waals surface area contributed by atoms with E-state index in [4.69, 9.17) is 0 Å². The van der Waals surface area contributed by atoms with Gasteiger partial charge in [0.05, 0.1) is 21.9 Å². The van der Waals surface area contributed by atoms with Gasteiger partial charge in [-0.3, -0.25) is 0 Å². The third-order valence-electron chi connectivity index (χ3n) is 12.6. The average molecular weight is 744 g/mol. The number of aromatic nitrogens is 3. The van der Waals surface area contributed by atoms with Crippen LogP contribution in [-0.4, -0.2) is 13.7 Å². The molecular weight excluding hydrogens is 703 g/mol. The molecule has 6 aromatic carbocycles. The Kier molecular flexibility index (Phi) is 7.56. The topological polar surface area (TPSA) is 14.8 Å². The fourth-order valence-electron chi connectivity index (χ4n) is 9.99. The zero-order valence-corrected chi connectivity index (χ0v) is 32.3. The second-order valence-electron chi connectivity index (χ2n) is 15.9. The summed E-state index contributed by atoms with van der Waals surface area (Å²) in [6, 6.07) is 51.7. The number of nitrogens with zero attached hydrogens (tertiary/aromatic N) is 3. The Bertz CT molecular complexity index is 3250. The summed E-state index contributed by atoms with van der Waals surface area (Å²) >= 11 is 0. The molecule has 12 rings (SSSR count). The van der Waals surface area contributed by atoms with Gasteiger partial charge >= 0.3 is 0 Å². The molecule has 0 atom stereocenters. The van der Waals surface area contributed by atoms with Gasteiger partial charge in [-0.15, -0.1) is 0 Å². The van der Waals surface area contributed by atoms with Gasteiger partial charge in [0.25, 0.3) is 0 Å². The molecule has 3 heterocycles. The SMILES string of the molecule is C1=CCC=c2c(c3cc(-n4c5ccccc5c5cc(-n6c7c(c8c6C=CCC8)CCC=C7)ccc54)ccc3n2-c2cc(-c3ccccc3)cc(-c3ccccc3)c2)=C1. The quantitative estimate of drug-likeness (QED) is 0.167. The summed E-state index contributed by atoms with van der Waals surface area (Å²) in [4.78, 5) is 0. The van der Waals surface area contributed by atoms with Crippen LogP contribution in [0, 0.1) is 0 Å². The molecule has 0 saturated carbocycles. The van der Waals surface area contributed by atoms with Crippen LogP contribution in [0.3, 0.4) is 0 Å². The maximum absolute atomic E-state index is 2.52. The minimum atomic E-state index is 0.880. The smallest absolute Gasteiger partial charge is 0.0542 e. The lowest BCUT2D eigenvalue weighted by Crippen LogP contribution is -2.27. The van der Waals surface area contributed by atoms with E-state index in [9.17, 15) is 0 Å². The Morgan fingerprint density at radius 3 is 1.69 bits per heavy atom. The lowest BCUT2D eigenvalue weighted by atomic mass is 9.94. The Morgan fingerprint density at radius 1 is 0.414 bits per heavy atom. The molecule has 0 spiro atoms. The maximum atomic E-state index is 2.52. The van der Waals surface area contributed by atoms with Crippen LogP contribution in [0.5, 0.6) is 0 Å². The summed E-state index contributed by atoms with van der Waals surface area (Å²) in [5.41, 5.74) is 17.8. The minimum Gasteiger partial charge on any atom is -0.310 e. The predicted molar refractivity (Wildman–Crippen MR) is 244 cm³/mol. The zero-order chi connectivity index (χ0) is 38.2. The van der Waals surface area contributed by atoms with Crippen molar-refractivity contribution >= 4 is 57.0 Å². The van der Waals surface area contributed by atoms with Crippen molar-refractivity contribution in [1.82, 2.24) is 13.7 Å². The Balaban J connectivity index is 1.07. The van der Waals surface area contributed by atoms with E-state index in [2.05, 4.69) is 202 Å². The molecule has 3 nitrogen and oxygen atoms in total. The third kappa shape index (κ3) is 5.13. The van der Waals surface area contributed by atoms with Crippen molar-refractivity contribution < 1.29 is 0 Å². The third-order valence-corrected chi connectivity index (χ3v) is 12.6. The second kappa shape index (κ2) is 13.2. The van der Waals surface area contributed by atoms with Crippen molar-refractivity contribution in [2.75, 3.05) is 0 Å². The highest BCUT2D eigenvalue weighted by molar-refractivity contribution is 6.10. The Labute approximate surface area is 337 Å². The van der Waals surface area contributed by atoms with Gasteiger partial charge in [0.1, 0.15) is 0 Å². The Hall–Kier alpha value is -7.10. The number of allylic oxidation sites excluding steroid dienone is 4. The molecule has 3 aromatic heterocycles. The standard InChI is InChI=1S/C55H41N3/c1-4-16-37(17-5-1)39-32-40(38-18-6-2-7-19-38)34-43(33-39)58-53-24-9-3-8-20-46(53)49-36-42(29-31-55(49)58)57-52-27-15-12-23-47(52)48-35-41(28-30-54(48)57)56-50-25-13-10-21-44(50)45-22-11-14-26-51(45)56/h1-8,12-20,23-36H,9-11,21-22H2. The first-order chi connectivity index (χ1) is 28.8. The highest BCUT2D eigenvalue weighted by atomic mass is 15.0. The maximum Gasteiger partial charge on any atom is 0.0542 e. The molecule has 0 radical (unpaired) electrons.